The molecule has 1 heterocycles. The molecule has 0 saturated heterocycles. The Balaban J connectivity index is 2.55. The molecule has 0 aliphatic carbocycles. The van der Waals surface area contributed by atoms with Gasteiger partial charge in [0.2, 0.25) is 0 Å². The molecule has 0 saturated carbocycles. The minimum Gasteiger partial charge on any atom is -0.508 e. The second kappa shape index (κ2) is 3.39. The standard InChI is InChI=1S/C9H8N2O3S/c10-9-11-5-1-4(2-8(13)14)6(12)3-7(5)15-9/h1,3,12H,2H2,(H2,10,11)(H,13,14). The van der Waals surface area contributed by atoms with Crippen LogP contribution in [0.25, 0.3) is 10.2 Å². The molecule has 0 radical (unpaired) electrons. The molecule has 2 rings (SSSR count). The van der Waals surface area contributed by atoms with E-state index in [1.807, 2.05) is 0 Å². The fourth-order valence-electron chi connectivity index (χ4n) is 1.33. The van der Waals surface area contributed by atoms with E-state index >= 15 is 0 Å². The third-order valence-electron chi connectivity index (χ3n) is 1.95. The molecule has 0 bridgehead atoms. The molecule has 0 aliphatic rings. The molecule has 1 aromatic carbocycles. The molecule has 2 aromatic rings. The highest BCUT2D eigenvalue weighted by Gasteiger charge is 2.10. The van der Waals surface area contributed by atoms with E-state index in [0.29, 0.717) is 16.2 Å². The largest absolute Gasteiger partial charge is 0.508 e. The predicted octanol–water partition coefficient (Wildman–Crippen LogP) is 1.21. The van der Waals surface area contributed by atoms with Crippen LogP contribution in [0.4, 0.5) is 5.13 Å². The molecule has 0 spiro atoms. The minimum absolute atomic E-state index is 0.0337. The predicted molar refractivity (Wildman–Crippen MR) is 57.0 cm³/mol. The van der Waals surface area contributed by atoms with Crippen LogP contribution in [-0.4, -0.2) is 21.2 Å². The van der Waals surface area contributed by atoms with Crippen LogP contribution in [0.2, 0.25) is 0 Å². The number of carboxylic acid groups (broad SMARTS) is 1. The summed E-state index contributed by atoms with van der Waals surface area (Å²) in [4.78, 5) is 14.5. The van der Waals surface area contributed by atoms with Crippen LogP contribution in [0, 0.1) is 0 Å². The molecule has 15 heavy (non-hydrogen) atoms. The highest BCUT2D eigenvalue weighted by Crippen LogP contribution is 2.30. The molecule has 5 nitrogen and oxygen atoms in total. The molecule has 4 N–H and O–H groups in total. The second-order valence-corrected chi connectivity index (χ2v) is 4.13. The number of hydrogen-bond donors (Lipinski definition) is 3. The molecule has 6 heteroatoms. The van der Waals surface area contributed by atoms with Gasteiger partial charge in [-0.15, -0.1) is 0 Å². The lowest BCUT2D eigenvalue weighted by Gasteiger charge is -2.00. The van der Waals surface area contributed by atoms with Crippen LogP contribution in [-0.2, 0) is 11.2 Å². The average Bonchev–Trinajstić information content (AvgIpc) is 2.44. The zero-order valence-corrected chi connectivity index (χ0v) is 8.41. The van der Waals surface area contributed by atoms with Gasteiger partial charge >= 0.3 is 5.97 Å². The number of rotatable bonds is 2. The van der Waals surface area contributed by atoms with Gasteiger partial charge in [-0.05, 0) is 12.1 Å². The van der Waals surface area contributed by atoms with Crippen LogP contribution >= 0.6 is 11.3 Å². The second-order valence-electron chi connectivity index (χ2n) is 3.07. The van der Waals surface area contributed by atoms with Gasteiger partial charge in [0.05, 0.1) is 16.6 Å². The Bertz CT molecular complexity index is 535. The van der Waals surface area contributed by atoms with Crippen molar-refractivity contribution in [2.24, 2.45) is 0 Å². The number of nitrogens with two attached hydrogens (primary N) is 1. The highest BCUT2D eigenvalue weighted by atomic mass is 32.1. The van der Waals surface area contributed by atoms with Crippen molar-refractivity contribution >= 4 is 32.7 Å². The van der Waals surface area contributed by atoms with Crippen molar-refractivity contribution in [3.63, 3.8) is 0 Å². The lowest BCUT2D eigenvalue weighted by atomic mass is 10.1. The molecule has 0 fully saturated rings. The number of benzene rings is 1. The molecule has 0 aliphatic heterocycles. The number of nitrogen functional groups attached to an aromatic ring is 1. The maximum Gasteiger partial charge on any atom is 0.307 e. The Hall–Kier alpha value is -1.82. The maximum atomic E-state index is 10.5. The molecule has 0 atom stereocenters. The first-order valence-electron chi connectivity index (χ1n) is 4.16. The zero-order valence-electron chi connectivity index (χ0n) is 7.60. The zero-order chi connectivity index (χ0) is 11.0. The van der Waals surface area contributed by atoms with E-state index < -0.39 is 5.97 Å². The molecule has 78 valence electrons. The number of aromatic hydroxyl groups is 1. The third kappa shape index (κ3) is 1.84. The SMILES string of the molecule is Nc1nc2cc(CC(=O)O)c(O)cc2s1. The third-order valence-corrected chi connectivity index (χ3v) is 2.79. The van der Waals surface area contributed by atoms with Crippen molar-refractivity contribution in [3.8, 4) is 5.75 Å². The first kappa shape index (κ1) is 9.72. The Kier molecular flexibility index (Phi) is 2.20. The maximum absolute atomic E-state index is 10.5. The molecule has 0 unspecified atom stereocenters. The van der Waals surface area contributed by atoms with Crippen molar-refractivity contribution in [3.05, 3.63) is 17.7 Å². The lowest BCUT2D eigenvalue weighted by Crippen LogP contribution is -2.00. The quantitative estimate of drug-likeness (QED) is 0.712. The van der Waals surface area contributed by atoms with Crippen LogP contribution in [0.15, 0.2) is 12.1 Å². The minimum atomic E-state index is -0.993. The topological polar surface area (TPSA) is 96.4 Å². The Labute approximate surface area is 88.8 Å². The fraction of sp³-hybridized carbons (Fsp3) is 0.111. The van der Waals surface area contributed by atoms with Crippen LogP contribution < -0.4 is 5.73 Å². The van der Waals surface area contributed by atoms with E-state index in [1.54, 1.807) is 6.07 Å². The summed E-state index contributed by atoms with van der Waals surface area (Å²) in [7, 11) is 0. The highest BCUT2D eigenvalue weighted by molar-refractivity contribution is 7.22. The van der Waals surface area contributed by atoms with E-state index in [9.17, 15) is 9.90 Å². The van der Waals surface area contributed by atoms with Gasteiger partial charge < -0.3 is 15.9 Å². The number of carboxylic acids is 1. The molecular weight excluding hydrogens is 216 g/mol. The van der Waals surface area contributed by atoms with Crippen LogP contribution in [0.1, 0.15) is 5.56 Å². The van der Waals surface area contributed by atoms with Crippen molar-refractivity contribution in [2.75, 3.05) is 5.73 Å². The van der Waals surface area contributed by atoms with Gasteiger partial charge in [-0.25, -0.2) is 4.98 Å². The number of anilines is 1. The number of nitrogens with zero attached hydrogens (tertiary/aromatic N) is 1. The smallest absolute Gasteiger partial charge is 0.307 e. The van der Waals surface area contributed by atoms with Crippen LogP contribution in [0.3, 0.4) is 0 Å². The summed E-state index contributed by atoms with van der Waals surface area (Å²) in [6.45, 7) is 0. The van der Waals surface area contributed by atoms with E-state index in [2.05, 4.69) is 4.98 Å². The van der Waals surface area contributed by atoms with Crippen molar-refractivity contribution < 1.29 is 15.0 Å². The number of aromatic nitrogens is 1. The summed E-state index contributed by atoms with van der Waals surface area (Å²) in [5, 5.41) is 18.6. The number of phenolic OH excluding ortho intramolecular Hbond substituents is 1. The van der Waals surface area contributed by atoms with Gasteiger partial charge in [0, 0.05) is 5.56 Å². The monoisotopic (exact) mass is 224 g/mol. The molecule has 1 aromatic heterocycles. The van der Waals surface area contributed by atoms with Crippen molar-refractivity contribution in [2.45, 2.75) is 6.42 Å². The fourth-order valence-corrected chi connectivity index (χ4v) is 2.08. The van der Waals surface area contributed by atoms with E-state index in [4.69, 9.17) is 10.8 Å². The van der Waals surface area contributed by atoms with Gasteiger partial charge in [-0.1, -0.05) is 11.3 Å². The van der Waals surface area contributed by atoms with Gasteiger partial charge in [-0.2, -0.15) is 0 Å². The number of phenols is 1. The summed E-state index contributed by atoms with van der Waals surface area (Å²) < 4.78 is 0.749. The summed E-state index contributed by atoms with van der Waals surface area (Å²) in [5.74, 6) is -1.03. The van der Waals surface area contributed by atoms with Crippen molar-refractivity contribution in [1.29, 1.82) is 0 Å². The Morgan fingerprint density at radius 2 is 2.27 bits per heavy atom. The number of thiazole rings is 1. The van der Waals surface area contributed by atoms with E-state index in [0.717, 1.165) is 4.70 Å². The number of fused-ring (bicyclic) bond motifs is 1. The van der Waals surface area contributed by atoms with Gasteiger partial charge in [0.15, 0.2) is 5.13 Å². The first-order valence-corrected chi connectivity index (χ1v) is 4.97. The molecule has 0 amide bonds. The number of carbonyl (C=O) groups is 1. The first-order chi connectivity index (χ1) is 7.06. The summed E-state index contributed by atoms with van der Waals surface area (Å²) >= 11 is 1.25. The Morgan fingerprint density at radius 1 is 1.53 bits per heavy atom. The normalized spacial score (nSPS) is 10.7. The van der Waals surface area contributed by atoms with Gasteiger partial charge in [0.1, 0.15) is 5.75 Å². The summed E-state index contributed by atoms with van der Waals surface area (Å²) in [6.07, 6.45) is -0.223. The summed E-state index contributed by atoms with van der Waals surface area (Å²) in [6, 6.07) is 3.04. The van der Waals surface area contributed by atoms with Gasteiger partial charge in [-0.3, -0.25) is 4.79 Å². The molecular formula is C9H8N2O3S. The summed E-state index contributed by atoms with van der Waals surface area (Å²) in [5.41, 5.74) is 6.47. The van der Waals surface area contributed by atoms with Gasteiger partial charge in [0.25, 0.3) is 0 Å². The lowest BCUT2D eigenvalue weighted by molar-refractivity contribution is -0.136. The average molecular weight is 224 g/mol. The van der Waals surface area contributed by atoms with E-state index in [1.165, 1.54) is 17.4 Å². The van der Waals surface area contributed by atoms with E-state index in [-0.39, 0.29) is 12.2 Å². The van der Waals surface area contributed by atoms with Crippen LogP contribution in [0.5, 0.6) is 5.75 Å². The van der Waals surface area contributed by atoms with Crippen molar-refractivity contribution in [1.82, 2.24) is 4.98 Å². The number of aliphatic carboxylic acids is 1. The number of hydrogen-bond acceptors (Lipinski definition) is 5. The Morgan fingerprint density at radius 3 is 2.93 bits per heavy atom.